The van der Waals surface area contributed by atoms with E-state index in [0.29, 0.717) is 6.61 Å². The second-order valence-electron chi connectivity index (χ2n) is 1.48. The first-order valence-electron chi connectivity index (χ1n) is 3.06. The summed E-state index contributed by atoms with van der Waals surface area (Å²) in [5, 5.41) is 0. The van der Waals surface area contributed by atoms with Crippen molar-refractivity contribution in [1.82, 2.24) is 0 Å². The van der Waals surface area contributed by atoms with Gasteiger partial charge in [-0.25, -0.2) is 0 Å². The topological polar surface area (TPSA) is 26.3 Å². The minimum absolute atomic E-state index is 0. The molecule has 0 aliphatic heterocycles. The van der Waals surface area contributed by atoms with Gasteiger partial charge >= 0.3 is 35.9 Å². The smallest absolute Gasteiger partial charge is 0.490 e. The summed E-state index contributed by atoms with van der Waals surface area (Å²) in [6.07, 6.45) is 4.92. The fraction of sp³-hybridized carbons (Fsp3) is 0.500. The zero-order chi connectivity index (χ0) is 7.11. The standard InChI is InChI=1S/C7H11O2.CH3.Cu.Li/c1-3-5-6-7(8)9-4-2;;;/h5H,3-4H2,1-2H3;1H3;;/q2*-1;2*+1. The van der Waals surface area contributed by atoms with E-state index >= 15 is 0 Å². The van der Waals surface area contributed by atoms with Crippen LogP contribution in [0.5, 0.6) is 0 Å². The van der Waals surface area contributed by atoms with Crippen LogP contribution in [0.4, 0.5) is 0 Å². The average molecular weight is 213 g/mol. The van der Waals surface area contributed by atoms with Gasteiger partial charge in [0.2, 0.25) is 0 Å². The van der Waals surface area contributed by atoms with Gasteiger partial charge in [-0.3, -0.25) is 10.9 Å². The van der Waals surface area contributed by atoms with E-state index < -0.39 is 0 Å². The van der Waals surface area contributed by atoms with E-state index in [-0.39, 0.29) is 49.3 Å². The van der Waals surface area contributed by atoms with Crippen LogP contribution in [0.25, 0.3) is 0 Å². The molecule has 0 aliphatic carbocycles. The Morgan fingerprint density at radius 2 is 2.00 bits per heavy atom. The Kier molecular flexibility index (Phi) is 33.1. The van der Waals surface area contributed by atoms with Crippen LogP contribution in [-0.2, 0) is 26.6 Å². The van der Waals surface area contributed by atoms with Crippen LogP contribution in [-0.4, -0.2) is 12.6 Å². The van der Waals surface area contributed by atoms with E-state index in [4.69, 9.17) is 0 Å². The van der Waals surface area contributed by atoms with E-state index in [1.807, 2.05) is 6.92 Å². The first kappa shape index (κ1) is 22.8. The number of rotatable bonds is 3. The van der Waals surface area contributed by atoms with Gasteiger partial charge in [0, 0.05) is 0 Å². The van der Waals surface area contributed by atoms with Gasteiger partial charge in [-0.05, 0) is 6.92 Å². The molecule has 0 rings (SSSR count). The molecule has 0 amide bonds. The zero-order valence-corrected chi connectivity index (χ0v) is 9.05. The largest absolute Gasteiger partial charge is 1.00 e. The second-order valence-corrected chi connectivity index (χ2v) is 1.48. The van der Waals surface area contributed by atoms with E-state index in [2.05, 4.69) is 10.8 Å². The van der Waals surface area contributed by atoms with Crippen molar-refractivity contribution in [3.05, 3.63) is 19.6 Å². The predicted octanol–water partition coefficient (Wildman–Crippen LogP) is -1.23. The van der Waals surface area contributed by atoms with Crippen molar-refractivity contribution in [2.45, 2.75) is 20.3 Å². The summed E-state index contributed by atoms with van der Waals surface area (Å²) in [6, 6.07) is 0. The van der Waals surface area contributed by atoms with Crippen molar-refractivity contribution >= 4 is 5.97 Å². The Hall–Kier alpha value is 0.327. The summed E-state index contributed by atoms with van der Waals surface area (Å²) in [6.45, 7) is 4.13. The molecule has 0 bridgehead atoms. The molecule has 70 valence electrons. The van der Waals surface area contributed by atoms with Crippen LogP contribution >= 0.6 is 0 Å². The van der Waals surface area contributed by atoms with Crippen molar-refractivity contribution in [2.75, 3.05) is 6.61 Å². The predicted molar refractivity (Wildman–Crippen MR) is 41.2 cm³/mol. The summed E-state index contributed by atoms with van der Waals surface area (Å²) in [7, 11) is 0. The number of esters is 1. The first-order chi connectivity index (χ1) is 4.31. The number of carbonyl (C=O) groups is 1. The first-order valence-corrected chi connectivity index (χ1v) is 3.06. The third kappa shape index (κ3) is 16.7. The molecule has 0 aromatic rings. The molecule has 0 aromatic carbocycles. The van der Waals surface area contributed by atoms with Crippen LogP contribution in [0.1, 0.15) is 20.3 Å². The van der Waals surface area contributed by atoms with Gasteiger partial charge in [0.05, 0.1) is 6.61 Å². The summed E-state index contributed by atoms with van der Waals surface area (Å²) in [5.74, 6) is -0.376. The second kappa shape index (κ2) is 17.4. The molecule has 0 saturated carbocycles. The number of ether oxygens (including phenoxy) is 1. The van der Waals surface area contributed by atoms with Crippen LogP contribution in [0.2, 0.25) is 0 Å². The third-order valence-corrected chi connectivity index (χ3v) is 0.699. The number of hydrogen-bond donors (Lipinski definition) is 0. The molecule has 0 aliphatic rings. The van der Waals surface area contributed by atoms with Crippen molar-refractivity contribution in [1.29, 1.82) is 0 Å². The number of carbonyl (C=O) groups excluding carboxylic acids is 1. The molecule has 0 heterocycles. The van der Waals surface area contributed by atoms with Crippen LogP contribution in [0, 0.1) is 13.5 Å². The molecule has 4 heteroatoms. The molecule has 0 aromatic heterocycles. The minimum atomic E-state index is -0.376. The maximum atomic E-state index is 10.4. The van der Waals surface area contributed by atoms with Gasteiger partial charge in [0.1, 0.15) is 5.97 Å². The van der Waals surface area contributed by atoms with Crippen molar-refractivity contribution < 1.29 is 45.5 Å². The Morgan fingerprint density at radius 3 is 2.33 bits per heavy atom. The summed E-state index contributed by atoms with van der Waals surface area (Å²) in [5.41, 5.74) is 0. The Balaban J connectivity index is -0.000000107. The van der Waals surface area contributed by atoms with Crippen LogP contribution < -0.4 is 18.9 Å². The summed E-state index contributed by atoms with van der Waals surface area (Å²) < 4.78 is 4.56. The molecule has 12 heavy (non-hydrogen) atoms. The zero-order valence-electron chi connectivity index (χ0n) is 8.11. The van der Waals surface area contributed by atoms with E-state index in [9.17, 15) is 4.79 Å². The fourth-order valence-corrected chi connectivity index (χ4v) is 0.358. The van der Waals surface area contributed by atoms with E-state index in [1.54, 1.807) is 13.0 Å². The number of allylic oxidation sites excluding steroid dienone is 1. The molecular weight excluding hydrogens is 199 g/mol. The summed E-state index contributed by atoms with van der Waals surface area (Å²) >= 11 is 0. The van der Waals surface area contributed by atoms with Gasteiger partial charge < -0.3 is 18.2 Å². The molecule has 0 saturated heterocycles. The molecule has 2 nitrogen and oxygen atoms in total. The third-order valence-electron chi connectivity index (χ3n) is 0.699. The summed E-state index contributed by atoms with van der Waals surface area (Å²) in [4.78, 5) is 10.4. The van der Waals surface area contributed by atoms with Crippen LogP contribution in [0.15, 0.2) is 6.08 Å². The molecule has 0 N–H and O–H groups in total. The van der Waals surface area contributed by atoms with E-state index in [1.165, 1.54) is 0 Å². The van der Waals surface area contributed by atoms with Gasteiger partial charge in [0.15, 0.2) is 0 Å². The van der Waals surface area contributed by atoms with Crippen molar-refractivity contribution in [3.63, 3.8) is 0 Å². The van der Waals surface area contributed by atoms with Crippen LogP contribution in [0.3, 0.4) is 0 Å². The Morgan fingerprint density at radius 1 is 1.50 bits per heavy atom. The average Bonchev–Trinajstić information content (AvgIpc) is 1.85. The van der Waals surface area contributed by atoms with Gasteiger partial charge in [-0.2, -0.15) is 0 Å². The molecule has 0 unspecified atom stereocenters. The molecule has 0 spiro atoms. The van der Waals surface area contributed by atoms with Gasteiger partial charge in [-0.1, -0.05) is 13.3 Å². The minimum Gasteiger partial charge on any atom is -0.490 e. The fourth-order valence-electron chi connectivity index (χ4n) is 0.358. The SMILES string of the molecule is CCC=[C-]C(=O)OCC.[CH3-].[Cu+].[Li+]. The normalized spacial score (nSPS) is 7.50. The molecule has 0 fully saturated rings. The van der Waals surface area contributed by atoms with Gasteiger partial charge in [-0.15, -0.1) is 0 Å². The maximum absolute atomic E-state index is 10.4. The molecule has 0 radical (unpaired) electrons. The molecule has 0 atom stereocenters. The maximum Gasteiger partial charge on any atom is 1.00 e. The van der Waals surface area contributed by atoms with Crippen molar-refractivity contribution in [2.24, 2.45) is 0 Å². The Bertz CT molecular complexity index is 116. The monoisotopic (exact) mass is 212 g/mol. The quantitative estimate of drug-likeness (QED) is 0.254. The number of hydrogen-bond acceptors (Lipinski definition) is 2. The molecular formula is C8H14CuLiO2. The Labute approximate surface area is 97.8 Å². The van der Waals surface area contributed by atoms with Crippen molar-refractivity contribution in [3.8, 4) is 0 Å². The van der Waals surface area contributed by atoms with Gasteiger partial charge in [0.25, 0.3) is 0 Å². The van der Waals surface area contributed by atoms with E-state index in [0.717, 1.165) is 6.42 Å².